The van der Waals surface area contributed by atoms with Gasteiger partial charge in [-0.3, -0.25) is 0 Å². The molecule has 1 aromatic rings. The molecule has 0 aliphatic carbocycles. The number of carbonyl (C=O) groups excluding carboxylic acids is 1. The maximum absolute atomic E-state index is 11.7. The molecule has 0 spiro atoms. The normalized spacial score (nSPS) is 12.1. The molecule has 0 saturated carbocycles. The molecule has 0 heterocycles. The zero-order valence-corrected chi connectivity index (χ0v) is 10.2. The first kappa shape index (κ1) is 13.0. The Morgan fingerprint density at radius 1 is 1.38 bits per heavy atom. The zero-order valence-electron chi connectivity index (χ0n) is 9.19. The predicted octanol–water partition coefficient (Wildman–Crippen LogP) is 1.37. The Hall–Kier alpha value is -1.10. The number of carbonyl (C=O) groups is 1. The maximum atomic E-state index is 11.7. The molecule has 0 fully saturated rings. The summed E-state index contributed by atoms with van der Waals surface area (Å²) in [5.74, 6) is -0.354. The van der Waals surface area contributed by atoms with E-state index >= 15 is 0 Å². The van der Waals surface area contributed by atoms with Gasteiger partial charge in [0, 0.05) is 0 Å². The van der Waals surface area contributed by atoms with Crippen molar-refractivity contribution in [3.8, 4) is 0 Å². The number of benzene rings is 1. The van der Waals surface area contributed by atoms with Crippen molar-refractivity contribution in [2.75, 3.05) is 0 Å². The summed E-state index contributed by atoms with van der Waals surface area (Å²) < 4.78 is 12.0. The summed E-state index contributed by atoms with van der Waals surface area (Å²) in [4.78, 5) is 11.7. The summed E-state index contributed by atoms with van der Waals surface area (Å²) in [5, 5.41) is 10.9. The Balaban J connectivity index is 3.00. The van der Waals surface area contributed by atoms with Gasteiger partial charge in [-0.2, -0.15) is 0 Å². The third-order valence-corrected chi connectivity index (χ3v) is 3.29. The van der Waals surface area contributed by atoms with Crippen LogP contribution in [0.5, 0.6) is 0 Å². The van der Waals surface area contributed by atoms with E-state index in [0.717, 1.165) is 0 Å². The van der Waals surface area contributed by atoms with Crippen LogP contribution < -0.4 is 4.50 Å². The van der Waals surface area contributed by atoms with Crippen molar-refractivity contribution >= 4 is 10.3 Å². The van der Waals surface area contributed by atoms with Crippen molar-refractivity contribution in [1.29, 1.82) is 0 Å². The Bertz CT molecular complexity index is 427. The molecule has 16 heavy (non-hydrogen) atoms. The van der Waals surface area contributed by atoms with Crippen LogP contribution in [0.15, 0.2) is 35.9 Å². The van der Waals surface area contributed by atoms with Gasteiger partial charge in [-0.25, -0.2) is 0 Å². The van der Waals surface area contributed by atoms with Crippen LogP contribution in [0.25, 0.3) is 0 Å². The van der Waals surface area contributed by atoms with Gasteiger partial charge in [0.2, 0.25) is 0 Å². The molecule has 0 atom stereocenters. The second kappa shape index (κ2) is 4.82. The van der Waals surface area contributed by atoms with Crippen molar-refractivity contribution in [2.24, 2.45) is 0 Å². The van der Waals surface area contributed by atoms with Gasteiger partial charge in [0.05, 0.1) is 0 Å². The summed E-state index contributed by atoms with van der Waals surface area (Å²) in [6, 6.07) is 6.34. The summed E-state index contributed by atoms with van der Waals surface area (Å²) in [6.45, 7) is 6.32. The van der Waals surface area contributed by atoms with E-state index in [0.29, 0.717) is 10.1 Å². The van der Waals surface area contributed by atoms with Gasteiger partial charge in [0.25, 0.3) is 0 Å². The first-order chi connectivity index (χ1) is 7.36. The van der Waals surface area contributed by atoms with Gasteiger partial charge >= 0.3 is 98.5 Å². The van der Waals surface area contributed by atoms with Crippen LogP contribution >= 0.6 is 0 Å². The Labute approximate surface area is 98.8 Å². The number of hydrogen-bond acceptors (Lipinski definition) is 3. The predicted molar refractivity (Wildman–Crippen MR) is 57.6 cm³/mol. The number of Topliss-reactive ketones (excluding diaryl/α,β-unsaturated/α-hetero) is 1. The molecule has 1 rings (SSSR count). The fourth-order valence-electron chi connectivity index (χ4n) is 1.14. The third-order valence-electron chi connectivity index (χ3n) is 1.96. The fraction of sp³-hybridized carbons (Fsp3) is 0.250. The van der Waals surface area contributed by atoms with Gasteiger partial charge in [-0.1, -0.05) is 0 Å². The summed E-state index contributed by atoms with van der Waals surface area (Å²) in [7, 11) is 0. The molecule has 0 aromatic heterocycles. The topological polar surface area (TPSA) is 54.4 Å². The van der Waals surface area contributed by atoms with Crippen LogP contribution in [0.2, 0.25) is 0 Å². The monoisotopic (exact) mass is 265 g/mol. The molecule has 0 aliphatic heterocycles. The molecule has 4 heteroatoms. The van der Waals surface area contributed by atoms with E-state index in [1.165, 1.54) is 18.9 Å². The molecular formula is C12H14CoO3. The summed E-state index contributed by atoms with van der Waals surface area (Å²) >= 11 is -1.57. The molecule has 1 aromatic carbocycles. The van der Waals surface area contributed by atoms with Crippen LogP contribution in [0.1, 0.15) is 24.2 Å². The van der Waals surface area contributed by atoms with Crippen molar-refractivity contribution in [3.05, 3.63) is 41.4 Å². The quantitative estimate of drug-likeness (QED) is 0.836. The van der Waals surface area contributed by atoms with Crippen molar-refractivity contribution in [2.45, 2.75) is 19.4 Å². The van der Waals surface area contributed by atoms with Gasteiger partial charge in [-0.15, -0.1) is 0 Å². The molecule has 1 N–H and O–H groups in total. The van der Waals surface area contributed by atoms with Gasteiger partial charge in [-0.05, 0) is 0 Å². The van der Waals surface area contributed by atoms with E-state index in [2.05, 4.69) is 6.58 Å². The van der Waals surface area contributed by atoms with Crippen LogP contribution in [0, 0.1) is 0 Å². The van der Waals surface area contributed by atoms with Crippen molar-refractivity contribution < 1.29 is 27.4 Å². The summed E-state index contributed by atoms with van der Waals surface area (Å²) in [5.41, 5.74) is -0.981. The second-order valence-electron chi connectivity index (χ2n) is 3.75. The van der Waals surface area contributed by atoms with Crippen LogP contribution in [0.3, 0.4) is 0 Å². The molecular weight excluding hydrogens is 251 g/mol. The first-order valence-corrected chi connectivity index (χ1v) is 6.20. The molecule has 0 radical (unpaired) electrons. The molecule has 0 saturated heterocycles. The number of ketones is 1. The second-order valence-corrected chi connectivity index (χ2v) is 5.53. The van der Waals surface area contributed by atoms with Crippen LogP contribution in [0.4, 0.5) is 0 Å². The van der Waals surface area contributed by atoms with Gasteiger partial charge in [0.1, 0.15) is 0 Å². The van der Waals surface area contributed by atoms with E-state index in [1.54, 1.807) is 24.3 Å². The van der Waals surface area contributed by atoms with E-state index in [9.17, 15) is 13.8 Å². The molecule has 0 unspecified atom stereocenters. The van der Waals surface area contributed by atoms with E-state index in [4.69, 9.17) is 0 Å². The molecule has 0 aliphatic rings. The van der Waals surface area contributed by atoms with Gasteiger partial charge in [0.15, 0.2) is 0 Å². The zero-order chi connectivity index (χ0) is 12.3. The average Bonchev–Trinajstić information content (AvgIpc) is 2.26. The average molecular weight is 265 g/mol. The molecule has 0 amide bonds. The number of aliphatic hydroxyl groups is 1. The Morgan fingerprint density at radius 2 is 1.88 bits per heavy atom. The third kappa shape index (κ3) is 2.94. The van der Waals surface area contributed by atoms with Crippen LogP contribution in [-0.4, -0.2) is 16.5 Å². The van der Waals surface area contributed by atoms with Crippen molar-refractivity contribution in [1.82, 2.24) is 0 Å². The number of rotatable bonds is 4. The van der Waals surface area contributed by atoms with Crippen molar-refractivity contribution in [3.63, 3.8) is 0 Å². The van der Waals surface area contributed by atoms with E-state index in [-0.39, 0.29) is 5.78 Å². The molecule has 0 bridgehead atoms. The van der Waals surface area contributed by atoms with E-state index < -0.39 is 19.2 Å². The van der Waals surface area contributed by atoms with Crippen LogP contribution in [-0.2, 0) is 17.5 Å². The fourth-order valence-corrected chi connectivity index (χ4v) is 1.90. The Morgan fingerprint density at radius 3 is 2.25 bits per heavy atom. The Kier molecular flexibility index (Phi) is 3.91. The minimum absolute atomic E-state index is 0.354. The first-order valence-electron chi connectivity index (χ1n) is 4.65. The van der Waals surface area contributed by atoms with Gasteiger partial charge < -0.3 is 0 Å². The number of hydrogen-bond donors (Lipinski definition) is 1. The molecule has 89 valence electrons. The molecule has 3 nitrogen and oxygen atoms in total. The standard InChI is InChI=1S/C10H11O2.C2H3.Co.O/c1-10(2,12)9(11)8-6-4-3-5-7-8;1-2;;/h4-7,12H,1-2H3;1H,2H2;;. The SMILES string of the molecule is C=[CH][Co](=[O])[c]1ccc(C(=O)C(C)(C)O)cc1. The minimum atomic E-state index is -1.57. The van der Waals surface area contributed by atoms with E-state index in [1.807, 2.05) is 0 Å². The summed E-state index contributed by atoms with van der Waals surface area (Å²) in [6.07, 6.45) is 0.